The van der Waals surface area contributed by atoms with Crippen LogP contribution in [0, 0.1) is 11.7 Å². The Morgan fingerprint density at radius 1 is 1.07 bits per heavy atom. The Kier molecular flexibility index (Phi) is 7.98. The maximum absolute atomic E-state index is 13.8. The van der Waals surface area contributed by atoms with Crippen LogP contribution >= 0.6 is 11.6 Å². The zero-order chi connectivity index (χ0) is 28.4. The van der Waals surface area contributed by atoms with Crippen molar-refractivity contribution in [2.75, 3.05) is 13.2 Å². The Labute approximate surface area is 237 Å². The number of aromatic nitrogens is 2. The van der Waals surface area contributed by atoms with Crippen LogP contribution in [0.15, 0.2) is 60.7 Å². The minimum absolute atomic E-state index is 0.00853. The molecule has 1 aliphatic rings. The van der Waals surface area contributed by atoms with E-state index in [1.165, 1.54) is 18.2 Å². The molecule has 0 aliphatic carbocycles. The molecule has 0 bridgehead atoms. The molecule has 1 aromatic heterocycles. The summed E-state index contributed by atoms with van der Waals surface area (Å²) in [6, 6.07) is 15.8. The molecule has 208 valence electrons. The average molecular weight is 564 g/mol. The van der Waals surface area contributed by atoms with Gasteiger partial charge in [-0.15, -0.1) is 0 Å². The highest BCUT2D eigenvalue weighted by molar-refractivity contribution is 6.31. The van der Waals surface area contributed by atoms with Crippen molar-refractivity contribution >= 4 is 17.5 Å². The number of benzene rings is 3. The molecule has 9 heteroatoms. The van der Waals surface area contributed by atoms with Crippen molar-refractivity contribution in [3.8, 4) is 28.5 Å². The molecule has 5 rings (SSSR count). The predicted octanol–water partition coefficient (Wildman–Crippen LogP) is 7.14. The van der Waals surface area contributed by atoms with Gasteiger partial charge in [0.25, 0.3) is 5.91 Å². The summed E-state index contributed by atoms with van der Waals surface area (Å²) in [7, 11) is 0. The molecular formula is C31H31ClFN3O4. The summed E-state index contributed by atoms with van der Waals surface area (Å²) in [4.78, 5) is 15.5. The van der Waals surface area contributed by atoms with Gasteiger partial charge in [0.2, 0.25) is 0 Å². The van der Waals surface area contributed by atoms with Gasteiger partial charge in [0.15, 0.2) is 11.5 Å². The van der Waals surface area contributed by atoms with Gasteiger partial charge in [0, 0.05) is 22.7 Å². The standard InChI is InChI=1S/C31H31ClFN3O4/c1-4-39-26-15-20(7-12-25(26)40-14-13-18(2)3)30-27-28(23-16-21(32)8-11-24(23)37)34-35-29(27)31(38)36(30)17-19-5-9-22(33)10-6-19/h5-12,15-16,18,30,37H,4,13-14,17H2,1-3H3,(H,34,35). The summed E-state index contributed by atoms with van der Waals surface area (Å²) < 4.78 is 25.6. The lowest BCUT2D eigenvalue weighted by molar-refractivity contribution is 0.0729. The van der Waals surface area contributed by atoms with Crippen LogP contribution in [0.5, 0.6) is 17.2 Å². The molecule has 4 aromatic rings. The van der Waals surface area contributed by atoms with E-state index in [0.717, 1.165) is 17.5 Å². The molecule has 0 fully saturated rings. The molecule has 0 spiro atoms. The molecule has 40 heavy (non-hydrogen) atoms. The minimum atomic E-state index is -0.580. The highest BCUT2D eigenvalue weighted by atomic mass is 35.5. The smallest absolute Gasteiger partial charge is 0.273 e. The third-order valence-electron chi connectivity index (χ3n) is 6.88. The second-order valence-electron chi connectivity index (χ2n) is 10.2. The Morgan fingerprint density at radius 3 is 2.58 bits per heavy atom. The van der Waals surface area contributed by atoms with Crippen LogP contribution in [-0.2, 0) is 6.54 Å². The van der Waals surface area contributed by atoms with E-state index in [1.807, 2.05) is 25.1 Å². The summed E-state index contributed by atoms with van der Waals surface area (Å²) >= 11 is 6.26. The van der Waals surface area contributed by atoms with E-state index in [0.29, 0.717) is 58.2 Å². The lowest BCUT2D eigenvalue weighted by Crippen LogP contribution is -2.29. The van der Waals surface area contributed by atoms with Gasteiger partial charge < -0.3 is 19.5 Å². The monoisotopic (exact) mass is 563 g/mol. The Morgan fingerprint density at radius 2 is 1.85 bits per heavy atom. The number of phenols is 1. The SMILES string of the molecule is CCOc1cc(C2c3c(-c4cc(Cl)ccc4O)n[nH]c3C(=O)N2Cc2ccc(F)cc2)ccc1OCCC(C)C. The number of halogens is 2. The number of carbonyl (C=O) groups is 1. The summed E-state index contributed by atoms with van der Waals surface area (Å²) in [5.74, 6) is 1.07. The number of phenolic OH excluding ortho intramolecular Hbond substituents is 1. The first kappa shape index (κ1) is 27.5. The number of hydrogen-bond acceptors (Lipinski definition) is 5. The summed E-state index contributed by atoms with van der Waals surface area (Å²) in [5.41, 5.74) is 3.30. The van der Waals surface area contributed by atoms with Gasteiger partial charge in [0.05, 0.1) is 19.3 Å². The fraction of sp³-hybridized carbons (Fsp3) is 0.290. The molecule has 1 amide bonds. The highest BCUT2D eigenvalue weighted by Gasteiger charge is 2.43. The number of amides is 1. The molecule has 0 radical (unpaired) electrons. The average Bonchev–Trinajstić information content (AvgIpc) is 3.46. The van der Waals surface area contributed by atoms with Gasteiger partial charge in [-0.1, -0.05) is 43.6 Å². The second kappa shape index (κ2) is 11.6. The maximum atomic E-state index is 13.8. The third kappa shape index (κ3) is 5.49. The number of rotatable bonds is 10. The van der Waals surface area contributed by atoms with Crippen molar-refractivity contribution in [1.82, 2.24) is 15.1 Å². The number of carbonyl (C=O) groups excluding carboxylic acids is 1. The first-order valence-corrected chi connectivity index (χ1v) is 13.7. The molecule has 3 aromatic carbocycles. The van der Waals surface area contributed by atoms with Crippen LogP contribution in [0.3, 0.4) is 0 Å². The number of fused-ring (bicyclic) bond motifs is 1. The number of aromatic hydroxyl groups is 1. The van der Waals surface area contributed by atoms with Gasteiger partial charge in [-0.25, -0.2) is 4.39 Å². The fourth-order valence-corrected chi connectivity index (χ4v) is 5.06. The van der Waals surface area contributed by atoms with Crippen molar-refractivity contribution in [1.29, 1.82) is 0 Å². The van der Waals surface area contributed by atoms with Crippen LogP contribution < -0.4 is 9.47 Å². The van der Waals surface area contributed by atoms with E-state index in [-0.39, 0.29) is 24.0 Å². The van der Waals surface area contributed by atoms with E-state index in [1.54, 1.807) is 29.2 Å². The zero-order valence-electron chi connectivity index (χ0n) is 22.6. The van der Waals surface area contributed by atoms with Crippen molar-refractivity contribution in [2.24, 2.45) is 5.92 Å². The molecular weight excluding hydrogens is 533 g/mol. The molecule has 0 saturated carbocycles. The quantitative estimate of drug-likeness (QED) is 0.214. The second-order valence-corrected chi connectivity index (χ2v) is 10.6. The zero-order valence-corrected chi connectivity index (χ0v) is 23.3. The van der Waals surface area contributed by atoms with Crippen molar-refractivity contribution < 1.29 is 23.8 Å². The fourth-order valence-electron chi connectivity index (χ4n) is 4.88. The lowest BCUT2D eigenvalue weighted by Gasteiger charge is -2.27. The topological polar surface area (TPSA) is 87.7 Å². The van der Waals surface area contributed by atoms with E-state index in [9.17, 15) is 14.3 Å². The highest BCUT2D eigenvalue weighted by Crippen LogP contribution is 2.47. The number of aromatic amines is 1. The largest absolute Gasteiger partial charge is 0.507 e. The van der Waals surface area contributed by atoms with Gasteiger partial charge in [-0.05, 0) is 72.9 Å². The number of nitrogens with one attached hydrogen (secondary N) is 1. The summed E-state index contributed by atoms with van der Waals surface area (Å²) in [5, 5.41) is 18.4. The van der Waals surface area contributed by atoms with Crippen molar-refractivity contribution in [3.63, 3.8) is 0 Å². The van der Waals surface area contributed by atoms with Crippen molar-refractivity contribution in [2.45, 2.75) is 39.8 Å². The number of ether oxygens (including phenoxy) is 2. The Hall–Kier alpha value is -4.04. The molecule has 1 atom stereocenters. The first-order chi connectivity index (χ1) is 19.3. The van der Waals surface area contributed by atoms with Crippen LogP contribution in [0.25, 0.3) is 11.3 Å². The maximum Gasteiger partial charge on any atom is 0.273 e. The van der Waals surface area contributed by atoms with Crippen LogP contribution in [0.1, 0.15) is 60.4 Å². The van der Waals surface area contributed by atoms with Crippen LogP contribution in [-0.4, -0.2) is 39.3 Å². The third-order valence-corrected chi connectivity index (χ3v) is 7.11. The van der Waals surface area contributed by atoms with E-state index in [2.05, 4.69) is 24.0 Å². The number of H-pyrrole nitrogens is 1. The lowest BCUT2D eigenvalue weighted by atomic mass is 9.95. The van der Waals surface area contributed by atoms with Gasteiger partial charge >= 0.3 is 0 Å². The number of nitrogens with zero attached hydrogens (tertiary/aromatic N) is 2. The normalized spacial score (nSPS) is 14.6. The van der Waals surface area contributed by atoms with Crippen LogP contribution in [0.2, 0.25) is 5.02 Å². The molecule has 2 N–H and O–H groups in total. The minimum Gasteiger partial charge on any atom is -0.507 e. The van der Waals surface area contributed by atoms with Gasteiger partial charge in [-0.2, -0.15) is 5.10 Å². The Bertz CT molecular complexity index is 1520. The van der Waals surface area contributed by atoms with E-state index in [4.69, 9.17) is 21.1 Å². The molecule has 1 unspecified atom stereocenters. The van der Waals surface area contributed by atoms with Gasteiger partial charge in [-0.3, -0.25) is 9.89 Å². The van der Waals surface area contributed by atoms with E-state index >= 15 is 0 Å². The van der Waals surface area contributed by atoms with Crippen LogP contribution in [0.4, 0.5) is 4.39 Å². The predicted molar refractivity (Wildman–Crippen MR) is 151 cm³/mol. The molecule has 1 aliphatic heterocycles. The van der Waals surface area contributed by atoms with Crippen molar-refractivity contribution in [3.05, 3.63) is 93.9 Å². The Balaban J connectivity index is 1.62. The summed E-state index contributed by atoms with van der Waals surface area (Å²) in [6.45, 7) is 7.40. The van der Waals surface area contributed by atoms with E-state index < -0.39 is 6.04 Å². The first-order valence-electron chi connectivity index (χ1n) is 13.3. The molecule has 2 heterocycles. The number of hydrogen-bond donors (Lipinski definition) is 2. The van der Waals surface area contributed by atoms with Gasteiger partial charge in [0.1, 0.15) is 23.0 Å². The summed E-state index contributed by atoms with van der Waals surface area (Å²) in [6.07, 6.45) is 0.904. The molecule has 7 nitrogen and oxygen atoms in total. The molecule has 0 saturated heterocycles.